The fourth-order valence-electron chi connectivity index (χ4n) is 2.41. The van der Waals surface area contributed by atoms with E-state index in [-0.39, 0.29) is 28.9 Å². The highest BCUT2D eigenvalue weighted by Gasteiger charge is 2.21. The average Bonchev–Trinajstić information content (AvgIpc) is 3.46. The van der Waals surface area contributed by atoms with Gasteiger partial charge in [-0.3, -0.25) is 0 Å². The van der Waals surface area contributed by atoms with Gasteiger partial charge in [0.1, 0.15) is 0 Å². The number of guanidine groups is 1. The highest BCUT2D eigenvalue weighted by atomic mass is 127. The van der Waals surface area contributed by atoms with Crippen LogP contribution in [-0.2, 0) is 21.3 Å². The van der Waals surface area contributed by atoms with Crippen molar-refractivity contribution in [3.05, 3.63) is 29.8 Å². The van der Waals surface area contributed by atoms with Crippen molar-refractivity contribution in [1.29, 1.82) is 0 Å². The smallest absolute Gasteiger partial charge is 0.240 e. The molecule has 27 heavy (non-hydrogen) atoms. The maximum absolute atomic E-state index is 11.9. The number of aliphatic imine (C=N–C) groups is 1. The zero-order valence-electron chi connectivity index (χ0n) is 16.3. The van der Waals surface area contributed by atoms with Gasteiger partial charge in [0.05, 0.1) is 18.0 Å². The summed E-state index contributed by atoms with van der Waals surface area (Å²) in [5.74, 6) is 1.55. The summed E-state index contributed by atoms with van der Waals surface area (Å²) in [6.07, 6.45) is 2.59. The summed E-state index contributed by atoms with van der Waals surface area (Å²) in [4.78, 5) is 6.90. The van der Waals surface area contributed by atoms with Crippen LogP contribution >= 0.6 is 24.0 Å². The van der Waals surface area contributed by atoms with Gasteiger partial charge >= 0.3 is 0 Å². The van der Waals surface area contributed by atoms with Gasteiger partial charge in [0.2, 0.25) is 10.0 Å². The molecule has 1 aliphatic rings. The van der Waals surface area contributed by atoms with E-state index in [1.54, 1.807) is 18.2 Å². The SMILES string of the molecule is CCNC(=NCc1cccc(S(=O)(=O)NC)c1)N(C)CCOCC1CC1.I. The first kappa shape index (κ1) is 24.1. The molecule has 0 unspecified atom stereocenters. The quantitative estimate of drug-likeness (QED) is 0.218. The summed E-state index contributed by atoms with van der Waals surface area (Å²) < 4.78 is 31.9. The Morgan fingerprint density at radius 3 is 2.74 bits per heavy atom. The molecular weight excluding hydrogens is 479 g/mol. The number of likely N-dealkylation sites (N-methyl/N-ethyl adjacent to an activating group) is 1. The summed E-state index contributed by atoms with van der Waals surface area (Å²) in [5.41, 5.74) is 0.843. The Labute approximate surface area is 180 Å². The van der Waals surface area contributed by atoms with Crippen LogP contribution in [-0.4, -0.2) is 59.7 Å². The Bertz CT molecular complexity index is 708. The molecule has 0 amide bonds. The molecule has 1 fully saturated rings. The molecule has 9 heteroatoms. The van der Waals surface area contributed by atoms with Crippen LogP contribution in [0.15, 0.2) is 34.2 Å². The minimum Gasteiger partial charge on any atom is -0.379 e. The van der Waals surface area contributed by atoms with E-state index in [0.29, 0.717) is 13.2 Å². The predicted octanol–water partition coefficient (Wildman–Crippen LogP) is 2.04. The van der Waals surface area contributed by atoms with E-state index in [2.05, 4.69) is 15.0 Å². The fourth-order valence-corrected chi connectivity index (χ4v) is 3.21. The molecule has 1 aromatic carbocycles. The molecule has 0 heterocycles. The topological polar surface area (TPSA) is 83.0 Å². The number of benzene rings is 1. The third-order valence-corrected chi connectivity index (χ3v) is 5.62. The van der Waals surface area contributed by atoms with Crippen molar-refractivity contribution in [2.45, 2.75) is 31.2 Å². The van der Waals surface area contributed by atoms with Crippen molar-refractivity contribution in [3.8, 4) is 0 Å². The molecule has 0 bridgehead atoms. The van der Waals surface area contributed by atoms with Crippen molar-refractivity contribution < 1.29 is 13.2 Å². The standard InChI is InChI=1S/C18H30N4O3S.HI/c1-4-20-18(22(3)10-11-25-14-15-8-9-15)21-13-16-6-5-7-17(12-16)26(23,24)19-2;/h5-7,12,15,19H,4,8-11,13-14H2,1-3H3,(H,20,21);1H. The molecule has 7 nitrogen and oxygen atoms in total. The lowest BCUT2D eigenvalue weighted by atomic mass is 10.2. The Kier molecular flexibility index (Phi) is 10.6. The van der Waals surface area contributed by atoms with Gasteiger partial charge in [0.15, 0.2) is 5.96 Å². The van der Waals surface area contributed by atoms with Gasteiger partial charge in [-0.2, -0.15) is 0 Å². The van der Waals surface area contributed by atoms with Crippen LogP contribution in [0.25, 0.3) is 0 Å². The van der Waals surface area contributed by atoms with Crippen molar-refractivity contribution >= 4 is 40.0 Å². The second-order valence-corrected chi connectivity index (χ2v) is 8.35. The summed E-state index contributed by atoms with van der Waals surface area (Å²) in [6.45, 7) is 5.48. The van der Waals surface area contributed by atoms with Gasteiger partial charge in [-0.05, 0) is 50.4 Å². The lowest BCUT2D eigenvalue weighted by molar-refractivity contribution is 0.115. The highest BCUT2D eigenvalue weighted by molar-refractivity contribution is 14.0. The normalized spacial score (nSPS) is 14.6. The second kappa shape index (κ2) is 11.8. The number of rotatable bonds is 10. The second-order valence-electron chi connectivity index (χ2n) is 6.46. The zero-order chi connectivity index (χ0) is 19.0. The Morgan fingerprint density at radius 1 is 1.37 bits per heavy atom. The molecule has 0 atom stereocenters. The van der Waals surface area contributed by atoms with Gasteiger partial charge in [-0.1, -0.05) is 12.1 Å². The molecule has 1 aromatic rings. The van der Waals surface area contributed by atoms with E-state index in [1.165, 1.54) is 19.9 Å². The molecule has 1 saturated carbocycles. The summed E-state index contributed by atoms with van der Waals surface area (Å²) in [6, 6.07) is 6.84. The van der Waals surface area contributed by atoms with Crippen molar-refractivity contribution in [2.24, 2.45) is 10.9 Å². The number of nitrogens with one attached hydrogen (secondary N) is 2. The van der Waals surface area contributed by atoms with E-state index >= 15 is 0 Å². The van der Waals surface area contributed by atoms with Crippen LogP contribution in [0.5, 0.6) is 0 Å². The number of hydrogen-bond donors (Lipinski definition) is 2. The molecule has 0 radical (unpaired) electrons. The summed E-state index contributed by atoms with van der Waals surface area (Å²) >= 11 is 0. The van der Waals surface area contributed by atoms with Gasteiger partial charge < -0.3 is 15.0 Å². The minimum absolute atomic E-state index is 0. The van der Waals surface area contributed by atoms with E-state index in [0.717, 1.165) is 37.1 Å². The molecule has 154 valence electrons. The van der Waals surface area contributed by atoms with Gasteiger partial charge in [0, 0.05) is 26.7 Å². The lowest BCUT2D eigenvalue weighted by Crippen LogP contribution is -2.40. The van der Waals surface area contributed by atoms with E-state index < -0.39 is 10.0 Å². The molecule has 0 aliphatic heterocycles. The Morgan fingerprint density at radius 2 is 2.11 bits per heavy atom. The largest absolute Gasteiger partial charge is 0.379 e. The number of halogens is 1. The van der Waals surface area contributed by atoms with Crippen LogP contribution in [0.1, 0.15) is 25.3 Å². The molecule has 0 saturated heterocycles. The first-order valence-electron chi connectivity index (χ1n) is 9.06. The number of nitrogens with zero attached hydrogens (tertiary/aromatic N) is 2. The molecular formula is C18H31IN4O3S. The van der Waals surface area contributed by atoms with Crippen LogP contribution in [0.3, 0.4) is 0 Å². The average molecular weight is 510 g/mol. The highest BCUT2D eigenvalue weighted by Crippen LogP contribution is 2.28. The van der Waals surface area contributed by atoms with Crippen LogP contribution in [0.4, 0.5) is 0 Å². The predicted molar refractivity (Wildman–Crippen MR) is 119 cm³/mol. The monoisotopic (exact) mass is 510 g/mol. The lowest BCUT2D eigenvalue weighted by Gasteiger charge is -2.22. The van der Waals surface area contributed by atoms with Crippen LogP contribution in [0, 0.1) is 5.92 Å². The van der Waals surface area contributed by atoms with Crippen molar-refractivity contribution in [3.63, 3.8) is 0 Å². The number of hydrogen-bond acceptors (Lipinski definition) is 4. The molecule has 0 spiro atoms. The van der Waals surface area contributed by atoms with E-state index in [9.17, 15) is 8.42 Å². The Balaban J connectivity index is 0.00000364. The van der Waals surface area contributed by atoms with Gasteiger partial charge in [0.25, 0.3) is 0 Å². The van der Waals surface area contributed by atoms with Crippen molar-refractivity contribution in [1.82, 2.24) is 14.9 Å². The molecule has 0 aromatic heterocycles. The zero-order valence-corrected chi connectivity index (χ0v) is 19.4. The molecule has 2 N–H and O–H groups in total. The number of sulfonamides is 1. The van der Waals surface area contributed by atoms with Gasteiger partial charge in [-0.25, -0.2) is 18.1 Å². The van der Waals surface area contributed by atoms with Crippen LogP contribution < -0.4 is 10.0 Å². The van der Waals surface area contributed by atoms with E-state index in [4.69, 9.17) is 4.74 Å². The van der Waals surface area contributed by atoms with Crippen LogP contribution in [0.2, 0.25) is 0 Å². The maximum Gasteiger partial charge on any atom is 0.240 e. The summed E-state index contributed by atoms with van der Waals surface area (Å²) in [5, 5.41) is 3.26. The first-order valence-corrected chi connectivity index (χ1v) is 10.5. The number of ether oxygens (including phenoxy) is 1. The third-order valence-electron chi connectivity index (χ3n) is 4.21. The summed E-state index contributed by atoms with van der Waals surface area (Å²) in [7, 11) is -0.0613. The Hall–Kier alpha value is -0.910. The maximum atomic E-state index is 11.9. The fraction of sp³-hybridized carbons (Fsp3) is 0.611. The molecule has 2 rings (SSSR count). The minimum atomic E-state index is -3.44. The van der Waals surface area contributed by atoms with Gasteiger partial charge in [-0.15, -0.1) is 24.0 Å². The third kappa shape index (κ3) is 8.32. The molecule has 1 aliphatic carbocycles. The van der Waals surface area contributed by atoms with E-state index in [1.807, 2.05) is 24.9 Å². The first-order chi connectivity index (χ1) is 12.5. The van der Waals surface area contributed by atoms with Crippen molar-refractivity contribution in [2.75, 3.05) is 40.4 Å².